The molecule has 2 aromatic rings. The lowest BCUT2D eigenvalue weighted by molar-refractivity contribution is -0.148. The van der Waals surface area contributed by atoms with Gasteiger partial charge in [0.25, 0.3) is 0 Å². The molecular formula is C23H28N2O4. The zero-order valence-electron chi connectivity index (χ0n) is 17.0. The summed E-state index contributed by atoms with van der Waals surface area (Å²) in [6.45, 7) is 7.35. The van der Waals surface area contributed by atoms with Crippen LogP contribution in [0.1, 0.15) is 24.2 Å². The van der Waals surface area contributed by atoms with Crippen LogP contribution < -0.4 is 9.64 Å². The van der Waals surface area contributed by atoms with Crippen molar-refractivity contribution < 1.29 is 19.1 Å². The summed E-state index contributed by atoms with van der Waals surface area (Å²) in [4.78, 5) is 28.0. The highest BCUT2D eigenvalue weighted by Crippen LogP contribution is 2.20. The fourth-order valence-corrected chi connectivity index (χ4v) is 3.54. The third-order valence-corrected chi connectivity index (χ3v) is 4.98. The number of benzene rings is 2. The zero-order valence-corrected chi connectivity index (χ0v) is 17.0. The minimum atomic E-state index is -0.393. The van der Waals surface area contributed by atoms with Gasteiger partial charge < -0.3 is 14.4 Å². The number of anilines is 1. The van der Waals surface area contributed by atoms with E-state index < -0.39 is 6.10 Å². The third-order valence-electron chi connectivity index (χ3n) is 4.98. The Bertz CT molecular complexity index is 817. The molecule has 0 saturated carbocycles. The van der Waals surface area contributed by atoms with Gasteiger partial charge in [-0.1, -0.05) is 30.3 Å². The van der Waals surface area contributed by atoms with Gasteiger partial charge in [-0.25, -0.2) is 0 Å². The number of ether oxygens (including phenoxy) is 2. The van der Waals surface area contributed by atoms with Crippen molar-refractivity contribution in [3.8, 4) is 5.75 Å². The molecular weight excluding hydrogens is 368 g/mol. The lowest BCUT2D eigenvalue weighted by Gasteiger charge is -2.37. The van der Waals surface area contributed by atoms with Gasteiger partial charge in [-0.05, 0) is 31.2 Å². The van der Waals surface area contributed by atoms with Crippen LogP contribution >= 0.6 is 0 Å². The molecule has 0 amide bonds. The average Bonchev–Trinajstić information content (AvgIpc) is 2.73. The number of Topliss-reactive ketones (excluding diaryl/α,β-unsaturated/α-hetero) is 1. The van der Waals surface area contributed by atoms with Crippen LogP contribution in [-0.4, -0.2) is 62.1 Å². The smallest absolute Gasteiger partial charge is 0.303 e. The summed E-state index contributed by atoms with van der Waals surface area (Å²) >= 11 is 0. The highest BCUT2D eigenvalue weighted by atomic mass is 16.6. The summed E-state index contributed by atoms with van der Waals surface area (Å²) in [7, 11) is 0. The van der Waals surface area contributed by atoms with Crippen molar-refractivity contribution in [3.05, 3.63) is 60.2 Å². The van der Waals surface area contributed by atoms with Crippen molar-refractivity contribution in [1.29, 1.82) is 0 Å². The van der Waals surface area contributed by atoms with Crippen LogP contribution in [0.3, 0.4) is 0 Å². The number of rotatable bonds is 8. The standard InChI is InChI=1S/C23H28N2O4/c1-18(26)22-10-6-7-11-23(22)28-17-21(29-19(2)27)16-24-12-14-25(15-13-24)20-8-4-3-5-9-20/h3-11,21H,12-17H2,1-2H3/t21-/m0/s1. The molecule has 6 heteroatoms. The van der Waals surface area contributed by atoms with E-state index >= 15 is 0 Å². The number of esters is 1. The molecule has 6 nitrogen and oxygen atoms in total. The Morgan fingerprint density at radius 3 is 2.24 bits per heavy atom. The van der Waals surface area contributed by atoms with Crippen molar-refractivity contribution >= 4 is 17.4 Å². The molecule has 2 aromatic carbocycles. The number of carbonyl (C=O) groups excluding carboxylic acids is 2. The molecule has 0 aromatic heterocycles. The van der Waals surface area contributed by atoms with E-state index in [1.807, 2.05) is 12.1 Å². The number of carbonyl (C=O) groups is 2. The second kappa shape index (κ2) is 10.1. The van der Waals surface area contributed by atoms with Gasteiger partial charge in [0, 0.05) is 45.3 Å². The number of hydrogen-bond acceptors (Lipinski definition) is 6. The Morgan fingerprint density at radius 2 is 1.59 bits per heavy atom. The van der Waals surface area contributed by atoms with Crippen molar-refractivity contribution in [2.45, 2.75) is 20.0 Å². The quantitative estimate of drug-likeness (QED) is 0.505. The summed E-state index contributed by atoms with van der Waals surface area (Å²) in [5.74, 6) is 0.133. The van der Waals surface area contributed by atoms with Gasteiger partial charge in [0.15, 0.2) is 5.78 Å². The Kier molecular flexibility index (Phi) is 7.25. The number of para-hydroxylation sites is 2. The SMILES string of the molecule is CC(=O)O[C@H](COc1ccccc1C(C)=O)CN1CCN(c2ccccc2)CC1. The largest absolute Gasteiger partial charge is 0.489 e. The third kappa shape index (κ3) is 6.06. The predicted molar refractivity (Wildman–Crippen MR) is 113 cm³/mol. The van der Waals surface area contributed by atoms with Crippen LogP contribution in [0, 0.1) is 0 Å². The van der Waals surface area contributed by atoms with E-state index in [9.17, 15) is 9.59 Å². The molecule has 0 radical (unpaired) electrons. The fraction of sp³-hybridized carbons (Fsp3) is 0.391. The van der Waals surface area contributed by atoms with Crippen LogP contribution in [0.5, 0.6) is 5.75 Å². The molecule has 154 valence electrons. The van der Waals surface area contributed by atoms with Gasteiger partial charge in [0.2, 0.25) is 0 Å². The number of piperazine rings is 1. The van der Waals surface area contributed by atoms with E-state index in [-0.39, 0.29) is 18.4 Å². The maximum Gasteiger partial charge on any atom is 0.303 e. The minimum Gasteiger partial charge on any atom is -0.489 e. The van der Waals surface area contributed by atoms with E-state index in [0.717, 1.165) is 26.2 Å². The molecule has 1 atom stereocenters. The van der Waals surface area contributed by atoms with E-state index in [1.54, 1.807) is 18.2 Å². The summed E-state index contributed by atoms with van der Waals surface area (Å²) < 4.78 is 11.3. The maximum absolute atomic E-state index is 11.8. The Morgan fingerprint density at radius 1 is 0.931 bits per heavy atom. The Balaban J connectivity index is 1.56. The molecule has 1 aliphatic heterocycles. The van der Waals surface area contributed by atoms with E-state index in [2.05, 4.69) is 34.1 Å². The van der Waals surface area contributed by atoms with E-state index in [1.165, 1.54) is 19.5 Å². The Hall–Kier alpha value is -2.86. The number of nitrogens with zero attached hydrogens (tertiary/aromatic N) is 2. The molecule has 0 aliphatic carbocycles. The Labute approximate surface area is 172 Å². The molecule has 0 spiro atoms. The van der Waals surface area contributed by atoms with E-state index in [0.29, 0.717) is 17.9 Å². The van der Waals surface area contributed by atoms with Gasteiger partial charge in [-0.2, -0.15) is 0 Å². The van der Waals surface area contributed by atoms with Crippen molar-refractivity contribution in [3.63, 3.8) is 0 Å². The highest BCUT2D eigenvalue weighted by Gasteiger charge is 2.23. The van der Waals surface area contributed by atoms with Gasteiger partial charge in [0.1, 0.15) is 18.5 Å². The summed E-state index contributed by atoms with van der Waals surface area (Å²) in [5, 5.41) is 0. The van der Waals surface area contributed by atoms with Gasteiger partial charge in [0.05, 0.1) is 5.56 Å². The molecule has 1 saturated heterocycles. The minimum absolute atomic E-state index is 0.0540. The first-order valence-electron chi connectivity index (χ1n) is 9.95. The lowest BCUT2D eigenvalue weighted by Crippen LogP contribution is -2.50. The first-order chi connectivity index (χ1) is 14.0. The maximum atomic E-state index is 11.8. The molecule has 0 bridgehead atoms. The second-order valence-corrected chi connectivity index (χ2v) is 7.22. The van der Waals surface area contributed by atoms with Crippen LogP contribution in [0.25, 0.3) is 0 Å². The molecule has 3 rings (SSSR count). The average molecular weight is 396 g/mol. The summed E-state index contributed by atoms with van der Waals surface area (Å²) in [6.07, 6.45) is -0.393. The highest BCUT2D eigenvalue weighted by molar-refractivity contribution is 5.96. The van der Waals surface area contributed by atoms with Crippen molar-refractivity contribution in [2.24, 2.45) is 0 Å². The van der Waals surface area contributed by atoms with Gasteiger partial charge >= 0.3 is 5.97 Å². The normalized spacial score (nSPS) is 15.6. The molecule has 29 heavy (non-hydrogen) atoms. The monoisotopic (exact) mass is 396 g/mol. The second-order valence-electron chi connectivity index (χ2n) is 7.22. The first kappa shape index (κ1) is 20.9. The molecule has 0 unspecified atom stereocenters. The molecule has 1 heterocycles. The predicted octanol–water partition coefficient (Wildman–Crippen LogP) is 3.02. The van der Waals surface area contributed by atoms with Crippen LogP contribution in [0.4, 0.5) is 5.69 Å². The molecule has 1 aliphatic rings. The fourth-order valence-electron chi connectivity index (χ4n) is 3.54. The van der Waals surface area contributed by atoms with Crippen LogP contribution in [0.2, 0.25) is 0 Å². The zero-order chi connectivity index (χ0) is 20.6. The van der Waals surface area contributed by atoms with Crippen molar-refractivity contribution in [2.75, 3.05) is 44.2 Å². The van der Waals surface area contributed by atoms with E-state index in [4.69, 9.17) is 9.47 Å². The first-order valence-corrected chi connectivity index (χ1v) is 9.95. The van der Waals surface area contributed by atoms with Crippen LogP contribution in [0.15, 0.2) is 54.6 Å². The number of ketones is 1. The topological polar surface area (TPSA) is 59.1 Å². The van der Waals surface area contributed by atoms with Gasteiger partial charge in [-0.3, -0.25) is 14.5 Å². The van der Waals surface area contributed by atoms with Gasteiger partial charge in [-0.15, -0.1) is 0 Å². The van der Waals surface area contributed by atoms with Crippen molar-refractivity contribution in [1.82, 2.24) is 4.90 Å². The summed E-state index contributed by atoms with van der Waals surface area (Å²) in [6, 6.07) is 17.5. The van der Waals surface area contributed by atoms with Crippen LogP contribution in [-0.2, 0) is 9.53 Å². The number of hydrogen-bond donors (Lipinski definition) is 0. The molecule has 1 fully saturated rings. The molecule has 0 N–H and O–H groups in total. The summed E-state index contributed by atoms with van der Waals surface area (Å²) in [5.41, 5.74) is 1.76. The lowest BCUT2D eigenvalue weighted by atomic mass is 10.1.